The molecule has 1 aliphatic carbocycles. The fraction of sp³-hybridized carbons (Fsp3) is 0.591. The number of ketones is 1. The van der Waals surface area contributed by atoms with E-state index in [1.807, 2.05) is 31.2 Å². The third kappa shape index (κ3) is 5.79. The van der Waals surface area contributed by atoms with Gasteiger partial charge in [-0.2, -0.15) is 0 Å². The SMILES string of the molecule is CC(=O)c1ccc(N2CCN([C@@H](C)C(=O)NC(=O)NC3CCCCC3)CC2)cc1. The Morgan fingerprint density at radius 3 is 2.17 bits per heavy atom. The molecular formula is C22H32N4O3. The van der Waals surface area contributed by atoms with Gasteiger partial charge in [0.15, 0.2) is 5.78 Å². The lowest BCUT2D eigenvalue weighted by Gasteiger charge is -2.38. The van der Waals surface area contributed by atoms with Gasteiger partial charge in [-0.15, -0.1) is 0 Å². The molecule has 0 radical (unpaired) electrons. The standard InChI is InChI=1S/C22H32N4O3/c1-16(21(28)24-22(29)23-19-6-4-3-5-7-19)25-12-14-26(15-13-25)20-10-8-18(9-11-20)17(2)27/h8-11,16,19H,3-7,12-15H2,1-2H3,(H2,23,24,28,29)/t16-/m0/s1. The monoisotopic (exact) mass is 400 g/mol. The topological polar surface area (TPSA) is 81.8 Å². The second-order valence-corrected chi connectivity index (χ2v) is 8.10. The molecule has 0 aromatic heterocycles. The maximum Gasteiger partial charge on any atom is 0.321 e. The molecule has 1 aromatic carbocycles. The van der Waals surface area contributed by atoms with E-state index in [1.165, 1.54) is 6.42 Å². The van der Waals surface area contributed by atoms with Gasteiger partial charge >= 0.3 is 6.03 Å². The third-order valence-electron chi connectivity index (χ3n) is 6.06. The number of anilines is 1. The van der Waals surface area contributed by atoms with Crippen LogP contribution in [0.1, 0.15) is 56.3 Å². The Balaban J connectivity index is 1.44. The van der Waals surface area contributed by atoms with Crippen molar-refractivity contribution in [1.29, 1.82) is 0 Å². The lowest BCUT2D eigenvalue weighted by Crippen LogP contribution is -2.56. The highest BCUT2D eigenvalue weighted by atomic mass is 16.2. The van der Waals surface area contributed by atoms with Crippen LogP contribution in [0.4, 0.5) is 10.5 Å². The van der Waals surface area contributed by atoms with Crippen molar-refractivity contribution in [3.8, 4) is 0 Å². The van der Waals surface area contributed by atoms with Gasteiger partial charge in [0.1, 0.15) is 0 Å². The van der Waals surface area contributed by atoms with Crippen molar-refractivity contribution < 1.29 is 14.4 Å². The number of carbonyl (C=O) groups excluding carboxylic acids is 3. The summed E-state index contributed by atoms with van der Waals surface area (Å²) in [4.78, 5) is 40.4. The minimum atomic E-state index is -0.377. The third-order valence-corrected chi connectivity index (χ3v) is 6.06. The molecule has 2 aliphatic rings. The zero-order valence-electron chi connectivity index (χ0n) is 17.4. The van der Waals surface area contributed by atoms with Crippen molar-refractivity contribution >= 4 is 23.4 Å². The number of piperazine rings is 1. The summed E-state index contributed by atoms with van der Waals surface area (Å²) in [6, 6.07) is 7.10. The average Bonchev–Trinajstić information content (AvgIpc) is 2.74. The van der Waals surface area contributed by atoms with Crippen molar-refractivity contribution in [1.82, 2.24) is 15.5 Å². The first-order chi connectivity index (χ1) is 13.9. The summed E-state index contributed by atoms with van der Waals surface area (Å²) < 4.78 is 0. The Hall–Kier alpha value is -2.41. The molecule has 1 saturated carbocycles. The minimum Gasteiger partial charge on any atom is -0.369 e. The van der Waals surface area contributed by atoms with Gasteiger partial charge in [-0.1, -0.05) is 19.3 Å². The first-order valence-electron chi connectivity index (χ1n) is 10.7. The van der Waals surface area contributed by atoms with Crippen LogP contribution in [-0.2, 0) is 4.79 Å². The maximum absolute atomic E-state index is 12.5. The molecule has 3 amide bonds. The van der Waals surface area contributed by atoms with Crippen LogP contribution in [0.25, 0.3) is 0 Å². The molecular weight excluding hydrogens is 368 g/mol. The van der Waals surface area contributed by atoms with E-state index in [0.29, 0.717) is 5.56 Å². The summed E-state index contributed by atoms with van der Waals surface area (Å²) in [6.45, 7) is 6.49. The molecule has 2 N–H and O–H groups in total. The second kappa shape index (κ2) is 9.87. The lowest BCUT2D eigenvalue weighted by molar-refractivity contribution is -0.124. The van der Waals surface area contributed by atoms with Crippen molar-refractivity contribution in [2.75, 3.05) is 31.1 Å². The molecule has 1 aliphatic heterocycles. The molecule has 0 bridgehead atoms. The number of amides is 3. The molecule has 0 unspecified atom stereocenters. The van der Waals surface area contributed by atoms with Gasteiger partial charge in [0.2, 0.25) is 5.91 Å². The van der Waals surface area contributed by atoms with Crippen molar-refractivity contribution in [2.24, 2.45) is 0 Å². The number of urea groups is 1. The molecule has 1 heterocycles. The molecule has 3 rings (SSSR count). The van der Waals surface area contributed by atoms with Gasteiger partial charge in [0, 0.05) is 43.5 Å². The first kappa shape index (κ1) is 21.3. The van der Waals surface area contributed by atoms with E-state index >= 15 is 0 Å². The summed E-state index contributed by atoms with van der Waals surface area (Å²) in [5.74, 6) is -0.189. The number of hydrogen-bond acceptors (Lipinski definition) is 5. The van der Waals surface area contributed by atoms with Gasteiger partial charge in [-0.3, -0.25) is 19.8 Å². The first-order valence-corrected chi connectivity index (χ1v) is 10.7. The van der Waals surface area contributed by atoms with Crippen LogP contribution in [-0.4, -0.2) is 60.9 Å². The molecule has 0 spiro atoms. The number of carbonyl (C=O) groups is 3. The fourth-order valence-corrected chi connectivity index (χ4v) is 4.12. The Morgan fingerprint density at radius 2 is 1.59 bits per heavy atom. The number of hydrogen-bond donors (Lipinski definition) is 2. The number of Topliss-reactive ketones (excluding diaryl/α,β-unsaturated/α-hetero) is 1. The molecule has 1 atom stereocenters. The number of nitrogens with zero attached hydrogens (tertiary/aromatic N) is 2. The summed E-state index contributed by atoms with van der Waals surface area (Å²) >= 11 is 0. The lowest BCUT2D eigenvalue weighted by atomic mass is 9.96. The van der Waals surface area contributed by atoms with Crippen LogP contribution in [0.5, 0.6) is 0 Å². The molecule has 1 aromatic rings. The van der Waals surface area contributed by atoms with Crippen LogP contribution in [0.15, 0.2) is 24.3 Å². The number of benzene rings is 1. The van der Waals surface area contributed by atoms with Crippen LogP contribution < -0.4 is 15.5 Å². The van der Waals surface area contributed by atoms with Crippen molar-refractivity contribution in [3.05, 3.63) is 29.8 Å². The van der Waals surface area contributed by atoms with E-state index in [1.54, 1.807) is 6.92 Å². The Morgan fingerprint density at radius 1 is 0.966 bits per heavy atom. The fourth-order valence-electron chi connectivity index (χ4n) is 4.12. The summed E-state index contributed by atoms with van der Waals surface area (Å²) in [6.07, 6.45) is 5.48. The summed E-state index contributed by atoms with van der Waals surface area (Å²) in [5, 5.41) is 5.43. The zero-order chi connectivity index (χ0) is 20.8. The Kier molecular flexibility index (Phi) is 7.25. The Bertz CT molecular complexity index is 720. The molecule has 7 heteroatoms. The highest BCUT2D eigenvalue weighted by Gasteiger charge is 2.27. The van der Waals surface area contributed by atoms with Crippen molar-refractivity contribution in [3.63, 3.8) is 0 Å². The number of nitrogens with one attached hydrogen (secondary N) is 2. The van der Waals surface area contributed by atoms with E-state index < -0.39 is 0 Å². The largest absolute Gasteiger partial charge is 0.369 e. The predicted octanol–water partition coefficient (Wildman–Crippen LogP) is 2.56. The van der Waals surface area contributed by atoms with E-state index in [4.69, 9.17) is 0 Å². The Labute approximate surface area is 172 Å². The number of imide groups is 1. The van der Waals surface area contributed by atoms with Crippen LogP contribution >= 0.6 is 0 Å². The normalized spacial score (nSPS) is 19.4. The summed E-state index contributed by atoms with van der Waals surface area (Å²) in [5.41, 5.74) is 1.79. The van der Waals surface area contributed by atoms with Gasteiger partial charge in [-0.05, 0) is 51.0 Å². The highest BCUT2D eigenvalue weighted by Crippen LogP contribution is 2.19. The molecule has 7 nitrogen and oxygen atoms in total. The average molecular weight is 401 g/mol. The van der Waals surface area contributed by atoms with E-state index in [-0.39, 0.29) is 29.8 Å². The van der Waals surface area contributed by atoms with Crippen molar-refractivity contribution in [2.45, 2.75) is 58.0 Å². The van der Waals surface area contributed by atoms with Gasteiger partial charge in [-0.25, -0.2) is 4.79 Å². The zero-order valence-corrected chi connectivity index (χ0v) is 17.4. The highest BCUT2D eigenvalue weighted by molar-refractivity contribution is 5.97. The smallest absolute Gasteiger partial charge is 0.321 e. The van der Waals surface area contributed by atoms with Crippen LogP contribution in [0.2, 0.25) is 0 Å². The van der Waals surface area contributed by atoms with Crippen LogP contribution in [0.3, 0.4) is 0 Å². The van der Waals surface area contributed by atoms with Gasteiger partial charge in [0.25, 0.3) is 0 Å². The van der Waals surface area contributed by atoms with Crippen LogP contribution in [0, 0.1) is 0 Å². The second-order valence-electron chi connectivity index (χ2n) is 8.10. The maximum atomic E-state index is 12.5. The van der Waals surface area contributed by atoms with Gasteiger partial charge < -0.3 is 10.2 Å². The van der Waals surface area contributed by atoms with E-state index in [0.717, 1.165) is 57.5 Å². The number of rotatable bonds is 5. The van der Waals surface area contributed by atoms with E-state index in [2.05, 4.69) is 20.4 Å². The molecule has 158 valence electrons. The quantitative estimate of drug-likeness (QED) is 0.743. The van der Waals surface area contributed by atoms with Gasteiger partial charge in [0.05, 0.1) is 6.04 Å². The van der Waals surface area contributed by atoms with E-state index in [9.17, 15) is 14.4 Å². The molecule has 29 heavy (non-hydrogen) atoms. The molecule has 2 fully saturated rings. The predicted molar refractivity (Wildman–Crippen MR) is 113 cm³/mol. The molecule has 1 saturated heterocycles. The summed E-state index contributed by atoms with van der Waals surface area (Å²) in [7, 11) is 0. The minimum absolute atomic E-state index is 0.0636.